The summed E-state index contributed by atoms with van der Waals surface area (Å²) in [6, 6.07) is 0. The van der Waals surface area contributed by atoms with Crippen molar-refractivity contribution in [1.29, 1.82) is 0 Å². The quantitative estimate of drug-likeness (QED) is 0.215. The molecule has 6 aliphatic heterocycles. The Morgan fingerprint density at radius 1 is 0.889 bits per heavy atom. The highest BCUT2D eigenvalue weighted by atomic mass is 16.7. The number of fused-ring (bicyclic) bond motifs is 2. The maximum absolute atomic E-state index is 14.4. The predicted octanol–water partition coefficient (Wildman–Crippen LogP) is 5.13. The molecule has 6 heterocycles. The van der Waals surface area contributed by atoms with E-state index < -0.39 is 109 Å². The zero-order valence-corrected chi connectivity index (χ0v) is 38.7. The van der Waals surface area contributed by atoms with E-state index in [9.17, 15) is 24.9 Å². The van der Waals surface area contributed by atoms with E-state index in [1.165, 1.54) is 12.2 Å². The van der Waals surface area contributed by atoms with Crippen LogP contribution in [0.15, 0.2) is 47.1 Å². The summed E-state index contributed by atoms with van der Waals surface area (Å²) in [5.74, 6) is -3.57. The number of ether oxygens (including phenoxy) is 10. The minimum absolute atomic E-state index is 0.0478. The summed E-state index contributed by atoms with van der Waals surface area (Å²) in [4.78, 5) is 27.9. The third kappa shape index (κ3) is 9.81. The average molecular weight is 889 g/mol. The van der Waals surface area contributed by atoms with Gasteiger partial charge >= 0.3 is 11.9 Å². The molecule has 1 aliphatic carbocycles. The molecule has 7 rings (SSSR count). The number of carbonyl (C=O) groups is 2. The fraction of sp³-hybridized carbons (Fsp3) is 0.792. The summed E-state index contributed by atoms with van der Waals surface area (Å²) < 4.78 is 63.2. The first-order valence-corrected chi connectivity index (χ1v) is 23.2. The zero-order valence-electron chi connectivity index (χ0n) is 38.7. The number of rotatable bonds is 8. The van der Waals surface area contributed by atoms with Crippen LogP contribution >= 0.6 is 0 Å². The standard InChI is InChI=1S/C48H72O15/c1-11-24(2)42-27(5)17-18-47(63-42)23-32-20-31(62-47)16-15-26(4)41(59-38-22-36(55-10)43(30(8)57-38)60-37-21-35(54-9)40(50)29(7)56-37)25(3)13-12-14-33-45(51)61-44-39(49)28(6)19-34(46(52)58-32)48(33,44)53/h12-15,19,24-25,27,29-32,34-44,49-50,53H,11,16-18,20-23H2,1-10H3/b13-12-,26-15-,33-14?/t24-,25-,27-,29-,30-,31+,32-,34-,35-,36-,37-,38-,39+,40-,41-,42+,43-,44+,47+,48+/m0/s1. The second kappa shape index (κ2) is 19.7. The molecule has 63 heavy (non-hydrogen) atoms. The number of methoxy groups -OCH3 is 2. The van der Waals surface area contributed by atoms with Gasteiger partial charge < -0.3 is 62.7 Å². The summed E-state index contributed by atoms with van der Waals surface area (Å²) in [6.07, 6.45) is 4.12. The first-order chi connectivity index (χ1) is 29.9. The van der Waals surface area contributed by atoms with Crippen LogP contribution in [0.1, 0.15) is 107 Å². The van der Waals surface area contributed by atoms with Crippen molar-refractivity contribution in [2.45, 2.75) is 204 Å². The Kier molecular flexibility index (Phi) is 15.2. The fourth-order valence-corrected chi connectivity index (χ4v) is 10.9. The molecule has 0 saturated carbocycles. The number of carbonyl (C=O) groups excluding carboxylic acids is 2. The fourth-order valence-electron chi connectivity index (χ4n) is 10.9. The molecule has 1 spiro atoms. The molecule has 7 aliphatic rings. The number of aliphatic hydroxyl groups is 3. The van der Waals surface area contributed by atoms with E-state index in [-0.39, 0.29) is 23.5 Å². The molecule has 0 radical (unpaired) electrons. The highest BCUT2D eigenvalue weighted by Crippen LogP contribution is 2.48. The van der Waals surface area contributed by atoms with Gasteiger partial charge in [-0.1, -0.05) is 58.4 Å². The molecule has 0 unspecified atom stereocenters. The molecule has 0 aromatic rings. The summed E-state index contributed by atoms with van der Waals surface area (Å²) in [5, 5.41) is 34.2. The zero-order chi connectivity index (χ0) is 45.5. The molecule has 0 aromatic heterocycles. The third-order valence-electron chi connectivity index (χ3n) is 14.8. The smallest absolute Gasteiger partial charge is 0.337 e. The topological polar surface area (TPSA) is 187 Å². The number of aliphatic hydroxyl groups excluding tert-OH is 2. The van der Waals surface area contributed by atoms with Crippen LogP contribution < -0.4 is 0 Å². The van der Waals surface area contributed by atoms with Crippen molar-refractivity contribution in [2.24, 2.45) is 23.7 Å². The predicted molar refractivity (Wildman–Crippen MR) is 228 cm³/mol. The average Bonchev–Trinajstić information content (AvgIpc) is 3.51. The van der Waals surface area contributed by atoms with Crippen molar-refractivity contribution in [2.75, 3.05) is 14.2 Å². The lowest BCUT2D eigenvalue weighted by atomic mass is 9.70. The molecule has 3 N–H and O–H groups in total. The van der Waals surface area contributed by atoms with Gasteiger partial charge in [0.15, 0.2) is 30.1 Å². The monoisotopic (exact) mass is 888 g/mol. The Balaban J connectivity index is 1.19. The van der Waals surface area contributed by atoms with Gasteiger partial charge in [0.25, 0.3) is 0 Å². The van der Waals surface area contributed by atoms with Crippen molar-refractivity contribution >= 4 is 11.9 Å². The SMILES string of the molecule is CC[C@H](C)[C@H]1O[C@]2(CC[C@@H]1C)C[C@@H]1C[C@@H](C/C=C(/C)[C@@H](O[C@H]3C[C@H](OC)[C@@H](O[C@H]4C[C@H](OC)[C@@H](O)[C@H](C)O4)[C@H](C)O3)[C@@H](C)/C=C\C=C3C(=O)O[C@@H]4[C@H](O)C(C)=C[C@@H](C(=O)O1)[C@]34O)O2. The van der Waals surface area contributed by atoms with Gasteiger partial charge in [-0.15, -0.1) is 0 Å². The highest BCUT2D eigenvalue weighted by Gasteiger charge is 2.64. The molecular weight excluding hydrogens is 817 g/mol. The Morgan fingerprint density at radius 3 is 2.30 bits per heavy atom. The third-order valence-corrected chi connectivity index (χ3v) is 14.8. The number of allylic oxidation sites excluding steroid dienone is 2. The lowest BCUT2D eigenvalue weighted by molar-refractivity contribution is -0.340. The van der Waals surface area contributed by atoms with Crippen LogP contribution in [0.25, 0.3) is 0 Å². The van der Waals surface area contributed by atoms with E-state index in [0.29, 0.717) is 50.0 Å². The lowest BCUT2D eigenvalue weighted by Crippen LogP contribution is -2.58. The summed E-state index contributed by atoms with van der Waals surface area (Å²) in [6.45, 7) is 15.9. The van der Waals surface area contributed by atoms with E-state index in [4.69, 9.17) is 47.4 Å². The minimum Gasteiger partial charge on any atom is -0.462 e. The van der Waals surface area contributed by atoms with Gasteiger partial charge in [0.05, 0.1) is 48.3 Å². The van der Waals surface area contributed by atoms with Gasteiger partial charge in [0.2, 0.25) is 0 Å². The molecule has 15 heteroatoms. The van der Waals surface area contributed by atoms with Gasteiger partial charge in [0, 0.05) is 52.2 Å². The van der Waals surface area contributed by atoms with E-state index in [1.54, 1.807) is 34.1 Å². The van der Waals surface area contributed by atoms with Crippen LogP contribution in [0.4, 0.5) is 0 Å². The Hall–Kier alpha value is -2.54. The molecule has 5 fully saturated rings. The lowest BCUT2D eigenvalue weighted by Gasteiger charge is -2.51. The van der Waals surface area contributed by atoms with E-state index in [1.807, 2.05) is 26.8 Å². The molecule has 20 atom stereocenters. The van der Waals surface area contributed by atoms with Crippen molar-refractivity contribution < 1.29 is 72.3 Å². The van der Waals surface area contributed by atoms with Crippen molar-refractivity contribution in [1.82, 2.24) is 0 Å². The summed E-state index contributed by atoms with van der Waals surface area (Å²) in [7, 11) is 3.19. The molecule has 0 amide bonds. The van der Waals surface area contributed by atoms with E-state index >= 15 is 0 Å². The van der Waals surface area contributed by atoms with Gasteiger partial charge in [0.1, 0.15) is 30.3 Å². The second-order valence-electron chi connectivity index (χ2n) is 19.3. The molecule has 5 saturated heterocycles. The molecule has 15 nitrogen and oxygen atoms in total. The Labute approximate surface area is 372 Å². The Morgan fingerprint density at radius 2 is 1.59 bits per heavy atom. The minimum atomic E-state index is -2.20. The first-order valence-electron chi connectivity index (χ1n) is 23.2. The van der Waals surface area contributed by atoms with Gasteiger partial charge in [-0.2, -0.15) is 0 Å². The number of hydrogen-bond acceptors (Lipinski definition) is 15. The van der Waals surface area contributed by atoms with Crippen LogP contribution in [-0.4, -0.2) is 139 Å². The van der Waals surface area contributed by atoms with Gasteiger partial charge in [-0.25, -0.2) is 4.79 Å². The maximum Gasteiger partial charge on any atom is 0.337 e. The number of esters is 2. The van der Waals surface area contributed by atoms with Crippen LogP contribution in [0.5, 0.6) is 0 Å². The van der Waals surface area contributed by atoms with Gasteiger partial charge in [-0.05, 0) is 69.6 Å². The normalized spacial score (nSPS) is 47.9. The van der Waals surface area contributed by atoms with Gasteiger partial charge in [-0.3, -0.25) is 4.79 Å². The summed E-state index contributed by atoms with van der Waals surface area (Å²) in [5.41, 5.74) is -1.05. The second-order valence-corrected chi connectivity index (χ2v) is 19.3. The van der Waals surface area contributed by atoms with Crippen molar-refractivity contribution in [3.05, 3.63) is 47.1 Å². The number of hydrogen-bond donors (Lipinski definition) is 3. The first kappa shape index (κ1) is 48.4. The molecule has 2 bridgehead atoms. The van der Waals surface area contributed by atoms with Crippen molar-refractivity contribution in [3.8, 4) is 0 Å². The maximum atomic E-state index is 14.4. The molecule has 0 aromatic carbocycles. The van der Waals surface area contributed by atoms with Crippen LogP contribution in [-0.2, 0) is 57.0 Å². The molecular formula is C48H72O15. The van der Waals surface area contributed by atoms with Crippen LogP contribution in [0.3, 0.4) is 0 Å². The van der Waals surface area contributed by atoms with Crippen LogP contribution in [0.2, 0.25) is 0 Å². The van der Waals surface area contributed by atoms with E-state index in [2.05, 4.69) is 26.8 Å². The summed E-state index contributed by atoms with van der Waals surface area (Å²) >= 11 is 0. The largest absolute Gasteiger partial charge is 0.462 e. The van der Waals surface area contributed by atoms with Crippen LogP contribution in [0, 0.1) is 23.7 Å². The van der Waals surface area contributed by atoms with E-state index in [0.717, 1.165) is 18.4 Å². The molecule has 354 valence electrons. The highest BCUT2D eigenvalue weighted by molar-refractivity contribution is 5.97. The van der Waals surface area contributed by atoms with Crippen molar-refractivity contribution in [3.63, 3.8) is 0 Å². The Bertz CT molecular complexity index is 1760.